The van der Waals surface area contributed by atoms with Crippen LogP contribution in [0.15, 0.2) is 24.3 Å². The number of carbonyl (C=O) groups is 1. The molecule has 0 radical (unpaired) electrons. The first-order valence-corrected chi connectivity index (χ1v) is 7.82. The SMILES string of the molecule is COC(=O)N1CCC(Nc2nc3ccccc3n3nnnc23)CC1. The zero-order chi connectivity index (χ0) is 16.5. The van der Waals surface area contributed by atoms with Gasteiger partial charge in [-0.1, -0.05) is 12.1 Å². The Bertz CT molecular complexity index is 886. The second kappa shape index (κ2) is 5.91. The van der Waals surface area contributed by atoms with Gasteiger partial charge in [-0.3, -0.25) is 0 Å². The van der Waals surface area contributed by atoms with Crippen molar-refractivity contribution in [1.82, 2.24) is 29.9 Å². The molecule has 0 unspecified atom stereocenters. The highest BCUT2D eigenvalue weighted by Crippen LogP contribution is 2.22. The number of amides is 1. The highest BCUT2D eigenvalue weighted by Gasteiger charge is 2.24. The number of likely N-dealkylation sites (tertiary alicyclic amines) is 1. The van der Waals surface area contributed by atoms with E-state index in [1.807, 2.05) is 24.3 Å². The summed E-state index contributed by atoms with van der Waals surface area (Å²) in [7, 11) is 1.40. The average molecular weight is 327 g/mol. The molecule has 9 nitrogen and oxygen atoms in total. The van der Waals surface area contributed by atoms with Crippen molar-refractivity contribution in [3.63, 3.8) is 0 Å². The van der Waals surface area contributed by atoms with Gasteiger partial charge >= 0.3 is 6.09 Å². The molecular weight excluding hydrogens is 310 g/mol. The van der Waals surface area contributed by atoms with Crippen LogP contribution in [0, 0.1) is 0 Å². The lowest BCUT2D eigenvalue weighted by Gasteiger charge is -2.31. The number of benzene rings is 1. The van der Waals surface area contributed by atoms with E-state index in [1.165, 1.54) is 7.11 Å². The smallest absolute Gasteiger partial charge is 0.409 e. The second-order valence-electron chi connectivity index (χ2n) is 5.74. The molecule has 1 aromatic carbocycles. The molecule has 1 N–H and O–H groups in total. The summed E-state index contributed by atoms with van der Waals surface area (Å²) < 4.78 is 6.45. The number of aromatic nitrogens is 5. The molecule has 9 heteroatoms. The molecule has 0 saturated carbocycles. The molecule has 1 fully saturated rings. The Morgan fingerprint density at radius 1 is 1.29 bits per heavy atom. The van der Waals surface area contributed by atoms with Crippen LogP contribution < -0.4 is 5.32 Å². The first-order valence-electron chi connectivity index (χ1n) is 7.82. The van der Waals surface area contributed by atoms with E-state index in [4.69, 9.17) is 4.74 Å². The largest absolute Gasteiger partial charge is 0.453 e. The maximum Gasteiger partial charge on any atom is 0.409 e. The number of tetrazole rings is 1. The van der Waals surface area contributed by atoms with E-state index >= 15 is 0 Å². The monoisotopic (exact) mass is 327 g/mol. The zero-order valence-corrected chi connectivity index (χ0v) is 13.2. The van der Waals surface area contributed by atoms with Gasteiger partial charge in [0.1, 0.15) is 0 Å². The number of carbonyl (C=O) groups excluding carboxylic acids is 1. The summed E-state index contributed by atoms with van der Waals surface area (Å²) in [4.78, 5) is 17.9. The van der Waals surface area contributed by atoms with Crippen molar-refractivity contribution in [2.75, 3.05) is 25.5 Å². The quantitative estimate of drug-likeness (QED) is 0.758. The number of rotatable bonds is 2. The predicted octanol–water partition coefficient (Wildman–Crippen LogP) is 1.32. The van der Waals surface area contributed by atoms with Crippen molar-refractivity contribution in [1.29, 1.82) is 0 Å². The van der Waals surface area contributed by atoms with Crippen LogP contribution in [0.5, 0.6) is 0 Å². The molecule has 0 bridgehead atoms. The van der Waals surface area contributed by atoms with Gasteiger partial charge in [0.2, 0.25) is 5.65 Å². The van der Waals surface area contributed by atoms with Gasteiger partial charge < -0.3 is 15.0 Å². The van der Waals surface area contributed by atoms with E-state index in [2.05, 4.69) is 25.8 Å². The number of anilines is 1. The number of hydrogen-bond acceptors (Lipinski definition) is 7. The molecule has 1 aliphatic heterocycles. The lowest BCUT2D eigenvalue weighted by atomic mass is 10.1. The van der Waals surface area contributed by atoms with Crippen molar-refractivity contribution >= 4 is 28.6 Å². The topological polar surface area (TPSA) is 97.5 Å². The summed E-state index contributed by atoms with van der Waals surface area (Å²) in [6.07, 6.45) is 1.36. The van der Waals surface area contributed by atoms with Crippen molar-refractivity contribution in [2.45, 2.75) is 18.9 Å². The Morgan fingerprint density at radius 2 is 2.08 bits per heavy atom. The Morgan fingerprint density at radius 3 is 2.88 bits per heavy atom. The van der Waals surface area contributed by atoms with Crippen LogP contribution in [0.25, 0.3) is 16.7 Å². The van der Waals surface area contributed by atoms with Crippen LogP contribution in [0.1, 0.15) is 12.8 Å². The molecule has 24 heavy (non-hydrogen) atoms. The fourth-order valence-electron chi connectivity index (χ4n) is 3.03. The first kappa shape index (κ1) is 14.6. The van der Waals surface area contributed by atoms with Gasteiger partial charge in [0.25, 0.3) is 0 Å². The van der Waals surface area contributed by atoms with Gasteiger partial charge in [0.05, 0.1) is 18.1 Å². The van der Waals surface area contributed by atoms with Crippen LogP contribution in [0.3, 0.4) is 0 Å². The third kappa shape index (κ3) is 2.47. The molecule has 3 heterocycles. The van der Waals surface area contributed by atoms with Gasteiger partial charge in [-0.25, -0.2) is 9.78 Å². The molecule has 3 aromatic rings. The van der Waals surface area contributed by atoms with Crippen LogP contribution in [-0.4, -0.2) is 62.3 Å². The van der Waals surface area contributed by atoms with E-state index in [0.717, 1.165) is 23.9 Å². The van der Waals surface area contributed by atoms with E-state index < -0.39 is 0 Å². The van der Waals surface area contributed by atoms with E-state index in [-0.39, 0.29) is 12.1 Å². The summed E-state index contributed by atoms with van der Waals surface area (Å²) >= 11 is 0. The summed E-state index contributed by atoms with van der Waals surface area (Å²) in [5.41, 5.74) is 2.29. The van der Waals surface area contributed by atoms with Crippen LogP contribution in [-0.2, 0) is 4.74 Å². The van der Waals surface area contributed by atoms with Crippen molar-refractivity contribution in [3.05, 3.63) is 24.3 Å². The molecule has 1 aliphatic rings. The number of fused-ring (bicyclic) bond motifs is 3. The minimum absolute atomic E-state index is 0.208. The summed E-state index contributed by atoms with van der Waals surface area (Å²) in [6.45, 7) is 1.30. The number of piperidine rings is 1. The minimum Gasteiger partial charge on any atom is -0.453 e. The summed E-state index contributed by atoms with van der Waals surface area (Å²) in [6, 6.07) is 7.94. The number of hydrogen-bond donors (Lipinski definition) is 1. The second-order valence-corrected chi connectivity index (χ2v) is 5.74. The van der Waals surface area contributed by atoms with Crippen molar-refractivity contribution in [2.24, 2.45) is 0 Å². The number of nitrogens with zero attached hydrogens (tertiary/aromatic N) is 6. The Labute approximate surface area is 137 Å². The van der Waals surface area contributed by atoms with Crippen LogP contribution >= 0.6 is 0 Å². The average Bonchev–Trinajstić information content (AvgIpc) is 3.12. The van der Waals surface area contributed by atoms with Gasteiger partial charge in [-0.05, 0) is 35.4 Å². The van der Waals surface area contributed by atoms with Crippen LogP contribution in [0.4, 0.5) is 10.6 Å². The molecule has 0 atom stereocenters. The third-order valence-electron chi connectivity index (χ3n) is 4.29. The maximum absolute atomic E-state index is 11.6. The molecule has 2 aromatic heterocycles. The number of para-hydroxylation sites is 2. The normalized spacial score (nSPS) is 15.8. The molecule has 1 amide bonds. The van der Waals surface area contributed by atoms with Gasteiger partial charge in [-0.15, -0.1) is 5.10 Å². The standard InChI is InChI=1S/C15H17N7O2/c1-24-15(23)21-8-6-10(7-9-21)16-13-14-18-19-20-22(14)12-5-3-2-4-11(12)17-13/h2-5,10H,6-9H2,1H3,(H,16,17). The molecule has 4 rings (SSSR count). The van der Waals surface area contributed by atoms with E-state index in [1.54, 1.807) is 9.42 Å². The Kier molecular flexibility index (Phi) is 3.60. The Hall–Kier alpha value is -2.97. The van der Waals surface area contributed by atoms with E-state index in [9.17, 15) is 4.79 Å². The highest BCUT2D eigenvalue weighted by molar-refractivity contribution is 5.81. The summed E-state index contributed by atoms with van der Waals surface area (Å²) in [5, 5.41) is 15.3. The first-order chi connectivity index (χ1) is 11.8. The highest BCUT2D eigenvalue weighted by atomic mass is 16.5. The fourth-order valence-corrected chi connectivity index (χ4v) is 3.03. The maximum atomic E-state index is 11.6. The molecule has 0 aliphatic carbocycles. The Balaban J connectivity index is 1.58. The fraction of sp³-hybridized carbons (Fsp3) is 0.400. The minimum atomic E-state index is -0.277. The van der Waals surface area contributed by atoms with Gasteiger partial charge in [0, 0.05) is 19.1 Å². The molecular formula is C15H17N7O2. The third-order valence-corrected chi connectivity index (χ3v) is 4.29. The zero-order valence-electron chi connectivity index (χ0n) is 13.2. The lowest BCUT2D eigenvalue weighted by Crippen LogP contribution is -2.42. The lowest BCUT2D eigenvalue weighted by molar-refractivity contribution is 0.113. The summed E-state index contributed by atoms with van der Waals surface area (Å²) in [5.74, 6) is 0.662. The van der Waals surface area contributed by atoms with Crippen molar-refractivity contribution in [3.8, 4) is 0 Å². The predicted molar refractivity (Wildman–Crippen MR) is 86.7 cm³/mol. The molecule has 124 valence electrons. The van der Waals surface area contributed by atoms with Crippen LogP contribution in [0.2, 0.25) is 0 Å². The van der Waals surface area contributed by atoms with Gasteiger partial charge in [0.15, 0.2) is 5.82 Å². The van der Waals surface area contributed by atoms with E-state index in [0.29, 0.717) is 24.6 Å². The van der Waals surface area contributed by atoms with Crippen molar-refractivity contribution < 1.29 is 9.53 Å². The number of methoxy groups -OCH3 is 1. The molecule has 1 saturated heterocycles. The van der Waals surface area contributed by atoms with Gasteiger partial charge in [-0.2, -0.15) is 4.52 Å². The number of nitrogens with one attached hydrogen (secondary N) is 1. The molecule has 0 spiro atoms. The number of ether oxygens (including phenoxy) is 1.